The number of ether oxygens (including phenoxy) is 6. The van der Waals surface area contributed by atoms with Gasteiger partial charge in [0.2, 0.25) is 0 Å². The minimum absolute atomic E-state index is 0.313. The lowest BCUT2D eigenvalue weighted by Gasteiger charge is -2.43. The van der Waals surface area contributed by atoms with Gasteiger partial charge in [0.05, 0.1) is 7.11 Å². The Morgan fingerprint density at radius 2 is 1.39 bits per heavy atom. The summed E-state index contributed by atoms with van der Waals surface area (Å²) in [7, 11) is 1.54. The predicted octanol–water partition coefficient (Wildman–Crippen LogP) is 1.20. The summed E-state index contributed by atoms with van der Waals surface area (Å²) in [5.41, 5.74) is 0.684. The molecule has 0 aliphatic carbocycles. The van der Waals surface area contributed by atoms with Crippen molar-refractivity contribution in [3.05, 3.63) is 29.8 Å². The number of rotatable bonds is 8. The molecule has 0 spiro atoms. The highest BCUT2D eigenvalue weighted by atomic mass is 16.7. The van der Waals surface area contributed by atoms with E-state index in [1.54, 1.807) is 31.4 Å². The van der Waals surface area contributed by atoms with Crippen molar-refractivity contribution in [2.45, 2.75) is 58.3 Å². The minimum atomic E-state index is -1.26. The van der Waals surface area contributed by atoms with Crippen molar-refractivity contribution in [2.24, 2.45) is 4.99 Å². The zero-order valence-corrected chi connectivity index (χ0v) is 19.0. The first kappa shape index (κ1) is 25.8. The van der Waals surface area contributed by atoms with E-state index in [-0.39, 0.29) is 6.61 Å². The summed E-state index contributed by atoms with van der Waals surface area (Å²) in [6.07, 6.45) is -4.45. The van der Waals surface area contributed by atoms with Crippen molar-refractivity contribution in [3.63, 3.8) is 0 Å². The standard InChI is InChI=1S/C22H27NO10/c1-12(24)29-11-18-19(30-13(2)25)20(31-14(3)26)21(32-15(4)27)22(33-18)23-10-16-6-8-17(28-5)9-7-16/h6-10,18-22H,11H2,1-5H3/b23-10+/t18-,19-,20+,21-,22-/m1/s1. The van der Waals surface area contributed by atoms with E-state index in [2.05, 4.69) is 4.99 Å². The van der Waals surface area contributed by atoms with E-state index < -0.39 is 54.5 Å². The Bertz CT molecular complexity index is 882. The number of hydrogen-bond donors (Lipinski definition) is 0. The Labute approximate surface area is 190 Å². The van der Waals surface area contributed by atoms with Gasteiger partial charge in [-0.2, -0.15) is 0 Å². The molecule has 1 aromatic rings. The Kier molecular flexibility index (Phi) is 9.34. The van der Waals surface area contributed by atoms with Crippen LogP contribution in [0.3, 0.4) is 0 Å². The maximum absolute atomic E-state index is 11.8. The van der Waals surface area contributed by atoms with Crippen LogP contribution in [-0.2, 0) is 42.9 Å². The van der Waals surface area contributed by atoms with E-state index in [0.29, 0.717) is 11.3 Å². The zero-order valence-electron chi connectivity index (χ0n) is 19.0. The maximum atomic E-state index is 11.8. The minimum Gasteiger partial charge on any atom is -0.497 e. The molecule has 0 radical (unpaired) electrons. The van der Waals surface area contributed by atoms with Crippen molar-refractivity contribution in [2.75, 3.05) is 13.7 Å². The number of esters is 4. The first-order valence-electron chi connectivity index (χ1n) is 10.1. The third-order valence-electron chi connectivity index (χ3n) is 4.45. The van der Waals surface area contributed by atoms with Crippen molar-refractivity contribution in [1.82, 2.24) is 0 Å². The Hall–Kier alpha value is -3.47. The van der Waals surface area contributed by atoms with Crippen LogP contribution in [0.15, 0.2) is 29.3 Å². The number of benzene rings is 1. The molecule has 1 aliphatic heterocycles. The summed E-state index contributed by atoms with van der Waals surface area (Å²) in [5, 5.41) is 0. The van der Waals surface area contributed by atoms with Crippen LogP contribution < -0.4 is 4.74 Å². The largest absolute Gasteiger partial charge is 0.497 e. The molecule has 0 aromatic heterocycles. The fourth-order valence-corrected chi connectivity index (χ4v) is 3.18. The number of aliphatic imine (C=N–C) groups is 1. The third kappa shape index (κ3) is 7.86. The first-order chi connectivity index (χ1) is 15.6. The highest BCUT2D eigenvalue weighted by Crippen LogP contribution is 2.30. The lowest BCUT2D eigenvalue weighted by atomic mass is 9.97. The lowest BCUT2D eigenvalue weighted by Crippen LogP contribution is -2.62. The summed E-state index contributed by atoms with van der Waals surface area (Å²) in [6.45, 7) is 4.37. The number of hydrogen-bond acceptors (Lipinski definition) is 11. The van der Waals surface area contributed by atoms with E-state index in [4.69, 9.17) is 28.4 Å². The average Bonchev–Trinajstić information content (AvgIpc) is 2.73. The molecule has 1 saturated heterocycles. The van der Waals surface area contributed by atoms with Crippen molar-refractivity contribution >= 4 is 30.1 Å². The van der Waals surface area contributed by atoms with Crippen LogP contribution in [-0.4, -0.2) is 74.5 Å². The van der Waals surface area contributed by atoms with Gasteiger partial charge in [-0.25, -0.2) is 0 Å². The molecule has 2 rings (SSSR count). The molecule has 33 heavy (non-hydrogen) atoms. The fraction of sp³-hybridized carbons (Fsp3) is 0.500. The van der Waals surface area contributed by atoms with Gasteiger partial charge in [0.1, 0.15) is 18.5 Å². The summed E-state index contributed by atoms with van der Waals surface area (Å²) in [6, 6.07) is 6.95. The number of nitrogens with zero attached hydrogens (tertiary/aromatic N) is 1. The molecule has 1 heterocycles. The van der Waals surface area contributed by atoms with Crippen LogP contribution in [0.5, 0.6) is 5.75 Å². The van der Waals surface area contributed by atoms with E-state index in [0.717, 1.165) is 13.8 Å². The number of methoxy groups -OCH3 is 1. The predicted molar refractivity (Wildman–Crippen MR) is 113 cm³/mol. The molecule has 1 aromatic carbocycles. The fourth-order valence-electron chi connectivity index (χ4n) is 3.18. The van der Waals surface area contributed by atoms with Gasteiger partial charge < -0.3 is 28.4 Å². The number of carbonyl (C=O) groups is 4. The normalized spacial score (nSPS) is 24.6. The van der Waals surface area contributed by atoms with E-state index >= 15 is 0 Å². The maximum Gasteiger partial charge on any atom is 0.303 e. The second-order valence-electron chi connectivity index (χ2n) is 7.14. The number of carbonyl (C=O) groups excluding carboxylic acids is 4. The summed E-state index contributed by atoms with van der Waals surface area (Å²) < 4.78 is 32.1. The molecule has 11 nitrogen and oxygen atoms in total. The molecule has 5 atom stereocenters. The van der Waals surface area contributed by atoms with Gasteiger partial charge in [-0.15, -0.1) is 0 Å². The van der Waals surface area contributed by atoms with Crippen LogP contribution in [0.1, 0.15) is 33.3 Å². The zero-order chi connectivity index (χ0) is 24.5. The van der Waals surface area contributed by atoms with Gasteiger partial charge in [0.25, 0.3) is 0 Å². The summed E-state index contributed by atoms with van der Waals surface area (Å²) >= 11 is 0. The molecule has 1 fully saturated rings. The Morgan fingerprint density at radius 1 is 0.848 bits per heavy atom. The molecule has 180 valence electrons. The summed E-state index contributed by atoms with van der Waals surface area (Å²) in [4.78, 5) is 51.0. The van der Waals surface area contributed by atoms with Gasteiger partial charge in [-0.3, -0.25) is 24.2 Å². The van der Waals surface area contributed by atoms with Crippen molar-refractivity contribution < 1.29 is 47.6 Å². The summed E-state index contributed by atoms with van der Waals surface area (Å²) in [5.74, 6) is -2.04. The van der Waals surface area contributed by atoms with Gasteiger partial charge in [0.15, 0.2) is 24.5 Å². The monoisotopic (exact) mass is 465 g/mol. The van der Waals surface area contributed by atoms with Gasteiger partial charge >= 0.3 is 23.9 Å². The van der Waals surface area contributed by atoms with E-state index in [1.807, 2.05) is 0 Å². The SMILES string of the molecule is COc1ccc(/C=N/[C@@H]2O[C@H](COC(C)=O)[C@@H](OC(C)=O)[C@H](OC(C)=O)[C@H]2OC(C)=O)cc1. The van der Waals surface area contributed by atoms with Crippen molar-refractivity contribution in [1.29, 1.82) is 0 Å². The Morgan fingerprint density at radius 3 is 1.91 bits per heavy atom. The van der Waals surface area contributed by atoms with Gasteiger partial charge in [-0.05, 0) is 29.8 Å². The smallest absolute Gasteiger partial charge is 0.303 e. The molecular weight excluding hydrogens is 438 g/mol. The highest BCUT2D eigenvalue weighted by Gasteiger charge is 2.52. The molecule has 0 unspecified atom stereocenters. The second-order valence-corrected chi connectivity index (χ2v) is 7.14. The van der Waals surface area contributed by atoms with Crippen LogP contribution >= 0.6 is 0 Å². The van der Waals surface area contributed by atoms with Crippen LogP contribution in [0.2, 0.25) is 0 Å². The van der Waals surface area contributed by atoms with Crippen molar-refractivity contribution in [3.8, 4) is 5.75 Å². The molecule has 0 amide bonds. The highest BCUT2D eigenvalue weighted by molar-refractivity contribution is 5.80. The van der Waals surface area contributed by atoms with E-state index in [1.165, 1.54) is 20.1 Å². The van der Waals surface area contributed by atoms with Crippen LogP contribution in [0.4, 0.5) is 0 Å². The van der Waals surface area contributed by atoms with Crippen LogP contribution in [0, 0.1) is 0 Å². The first-order valence-corrected chi connectivity index (χ1v) is 10.1. The van der Waals surface area contributed by atoms with Crippen LogP contribution in [0.25, 0.3) is 0 Å². The topological polar surface area (TPSA) is 136 Å². The Balaban J connectivity index is 2.43. The van der Waals surface area contributed by atoms with E-state index in [9.17, 15) is 19.2 Å². The quantitative estimate of drug-likeness (QED) is 0.313. The second kappa shape index (κ2) is 12.0. The molecule has 11 heteroatoms. The molecule has 0 saturated carbocycles. The van der Waals surface area contributed by atoms with Gasteiger partial charge in [-0.1, -0.05) is 0 Å². The molecule has 1 aliphatic rings. The average molecular weight is 465 g/mol. The molecule has 0 N–H and O–H groups in total. The third-order valence-corrected chi connectivity index (χ3v) is 4.45. The molecule has 0 bridgehead atoms. The van der Waals surface area contributed by atoms with Gasteiger partial charge in [0, 0.05) is 33.9 Å². The molecular formula is C22H27NO10. The lowest BCUT2D eigenvalue weighted by molar-refractivity contribution is -0.250.